The molecular formula is C16H26N2O3S. The summed E-state index contributed by atoms with van der Waals surface area (Å²) in [6.07, 6.45) is 3.39. The number of benzene rings is 1. The molecule has 0 saturated carbocycles. The third-order valence-corrected chi connectivity index (χ3v) is 6.26. The predicted molar refractivity (Wildman–Crippen MR) is 87.5 cm³/mol. The van der Waals surface area contributed by atoms with Crippen molar-refractivity contribution in [2.75, 3.05) is 19.7 Å². The molecule has 1 heterocycles. The average molecular weight is 326 g/mol. The summed E-state index contributed by atoms with van der Waals surface area (Å²) >= 11 is 0. The molecule has 0 bridgehead atoms. The van der Waals surface area contributed by atoms with Crippen LogP contribution >= 0.6 is 0 Å². The predicted octanol–water partition coefficient (Wildman–Crippen LogP) is 1.99. The van der Waals surface area contributed by atoms with Gasteiger partial charge in [-0.1, -0.05) is 36.8 Å². The summed E-state index contributed by atoms with van der Waals surface area (Å²) in [5.41, 5.74) is 0.966. The van der Waals surface area contributed by atoms with Gasteiger partial charge in [0.05, 0.1) is 0 Å². The lowest BCUT2D eigenvalue weighted by atomic mass is 10.2. The van der Waals surface area contributed by atoms with E-state index in [1.807, 2.05) is 37.3 Å². The Hall–Kier alpha value is -0.950. The molecule has 0 aromatic heterocycles. The topological polar surface area (TPSA) is 60.9 Å². The van der Waals surface area contributed by atoms with Gasteiger partial charge in [0.15, 0.2) is 0 Å². The van der Waals surface area contributed by atoms with Crippen LogP contribution in [0.3, 0.4) is 0 Å². The first-order chi connectivity index (χ1) is 10.6. The van der Waals surface area contributed by atoms with E-state index in [0.29, 0.717) is 26.1 Å². The highest BCUT2D eigenvalue weighted by Gasteiger charge is 2.33. The number of rotatable bonds is 7. The molecule has 1 aromatic carbocycles. The van der Waals surface area contributed by atoms with Gasteiger partial charge in [0.1, 0.15) is 0 Å². The maximum Gasteiger partial charge on any atom is 0.282 e. The van der Waals surface area contributed by atoms with Crippen LogP contribution in [0.4, 0.5) is 0 Å². The van der Waals surface area contributed by atoms with Gasteiger partial charge >= 0.3 is 0 Å². The Morgan fingerprint density at radius 2 is 1.82 bits per heavy atom. The summed E-state index contributed by atoms with van der Waals surface area (Å²) in [6, 6.07) is 9.39. The van der Waals surface area contributed by atoms with E-state index in [4.69, 9.17) is 0 Å². The monoisotopic (exact) mass is 326 g/mol. The highest BCUT2D eigenvalue weighted by molar-refractivity contribution is 7.86. The normalized spacial score (nSPS) is 18.5. The highest BCUT2D eigenvalue weighted by Crippen LogP contribution is 2.22. The first-order valence-corrected chi connectivity index (χ1v) is 9.37. The molecule has 0 aliphatic carbocycles. The van der Waals surface area contributed by atoms with Gasteiger partial charge in [-0.05, 0) is 31.7 Å². The van der Waals surface area contributed by atoms with E-state index in [1.54, 1.807) is 4.31 Å². The summed E-state index contributed by atoms with van der Waals surface area (Å²) < 4.78 is 29.1. The van der Waals surface area contributed by atoms with Crippen LogP contribution in [0.2, 0.25) is 0 Å². The molecule has 2 rings (SSSR count). The summed E-state index contributed by atoms with van der Waals surface area (Å²) in [4.78, 5) is 0. The van der Waals surface area contributed by atoms with E-state index in [0.717, 1.165) is 24.8 Å². The zero-order valence-corrected chi connectivity index (χ0v) is 14.0. The largest absolute Gasteiger partial charge is 0.396 e. The van der Waals surface area contributed by atoms with Crippen LogP contribution in [-0.2, 0) is 16.8 Å². The molecule has 1 aromatic rings. The van der Waals surface area contributed by atoms with Crippen molar-refractivity contribution in [2.45, 2.75) is 45.2 Å². The summed E-state index contributed by atoms with van der Waals surface area (Å²) in [6.45, 7) is 3.39. The van der Waals surface area contributed by atoms with E-state index in [1.165, 1.54) is 4.31 Å². The van der Waals surface area contributed by atoms with Crippen LogP contribution < -0.4 is 0 Å². The Bertz CT molecular complexity index is 542. The lowest BCUT2D eigenvalue weighted by Crippen LogP contribution is -2.49. The molecule has 1 aliphatic heterocycles. The lowest BCUT2D eigenvalue weighted by molar-refractivity contribution is 0.216. The Kier molecular flexibility index (Phi) is 6.37. The molecule has 1 saturated heterocycles. The second kappa shape index (κ2) is 8.06. The fourth-order valence-electron chi connectivity index (χ4n) is 2.80. The minimum atomic E-state index is -3.49. The molecule has 6 heteroatoms. The van der Waals surface area contributed by atoms with Gasteiger partial charge in [-0.15, -0.1) is 0 Å². The summed E-state index contributed by atoms with van der Waals surface area (Å²) in [5, 5.41) is 9.19. The smallest absolute Gasteiger partial charge is 0.282 e. The van der Waals surface area contributed by atoms with Crippen molar-refractivity contribution >= 4 is 10.2 Å². The first kappa shape index (κ1) is 17.4. The van der Waals surface area contributed by atoms with Gasteiger partial charge in [0, 0.05) is 32.3 Å². The summed E-state index contributed by atoms with van der Waals surface area (Å²) in [5.74, 6) is 0. The third kappa shape index (κ3) is 4.29. The van der Waals surface area contributed by atoms with Gasteiger partial charge in [0.25, 0.3) is 10.2 Å². The minimum Gasteiger partial charge on any atom is -0.396 e. The zero-order chi connectivity index (χ0) is 16.0. The maximum atomic E-state index is 13.0. The Labute approximate surface area is 133 Å². The van der Waals surface area contributed by atoms with Crippen LogP contribution in [0.25, 0.3) is 0 Å². The summed E-state index contributed by atoms with van der Waals surface area (Å²) in [7, 11) is -3.49. The molecule has 5 nitrogen and oxygen atoms in total. The van der Waals surface area contributed by atoms with Crippen LogP contribution in [-0.4, -0.2) is 47.9 Å². The number of aliphatic hydroxyl groups excluding tert-OH is 1. The van der Waals surface area contributed by atoms with Crippen molar-refractivity contribution in [3.63, 3.8) is 0 Å². The molecule has 1 unspecified atom stereocenters. The molecule has 1 fully saturated rings. The van der Waals surface area contributed by atoms with E-state index in [2.05, 4.69) is 0 Å². The van der Waals surface area contributed by atoms with Crippen LogP contribution in [0, 0.1) is 0 Å². The van der Waals surface area contributed by atoms with Gasteiger partial charge < -0.3 is 5.11 Å². The van der Waals surface area contributed by atoms with E-state index >= 15 is 0 Å². The number of aliphatic hydroxyl groups is 1. The third-order valence-electron chi connectivity index (χ3n) is 4.16. The van der Waals surface area contributed by atoms with Crippen molar-refractivity contribution in [1.82, 2.24) is 8.61 Å². The number of piperidine rings is 1. The molecule has 22 heavy (non-hydrogen) atoms. The van der Waals surface area contributed by atoms with Crippen LogP contribution in [0.1, 0.15) is 38.2 Å². The molecule has 1 N–H and O–H groups in total. The van der Waals surface area contributed by atoms with Gasteiger partial charge in [0.2, 0.25) is 0 Å². The Morgan fingerprint density at radius 3 is 2.41 bits per heavy atom. The molecular weight excluding hydrogens is 300 g/mol. The molecule has 0 radical (unpaired) electrons. The Balaban J connectivity index is 2.22. The maximum absolute atomic E-state index is 13.0. The molecule has 0 amide bonds. The van der Waals surface area contributed by atoms with Gasteiger partial charge in [-0.3, -0.25) is 0 Å². The van der Waals surface area contributed by atoms with E-state index in [9.17, 15) is 13.5 Å². The molecule has 124 valence electrons. The highest BCUT2D eigenvalue weighted by atomic mass is 32.2. The number of hydrogen-bond acceptors (Lipinski definition) is 3. The molecule has 0 spiro atoms. The van der Waals surface area contributed by atoms with Crippen molar-refractivity contribution in [3.05, 3.63) is 35.9 Å². The number of hydrogen-bond donors (Lipinski definition) is 1. The van der Waals surface area contributed by atoms with E-state index < -0.39 is 10.2 Å². The van der Waals surface area contributed by atoms with Crippen LogP contribution in [0.15, 0.2) is 30.3 Å². The second-order valence-electron chi connectivity index (χ2n) is 5.86. The average Bonchev–Trinajstić information content (AvgIpc) is 2.54. The van der Waals surface area contributed by atoms with Crippen LogP contribution in [0.5, 0.6) is 0 Å². The Morgan fingerprint density at radius 1 is 1.18 bits per heavy atom. The lowest BCUT2D eigenvalue weighted by Gasteiger charge is -2.35. The first-order valence-electron chi connectivity index (χ1n) is 7.97. The zero-order valence-electron chi connectivity index (χ0n) is 13.2. The van der Waals surface area contributed by atoms with Crippen molar-refractivity contribution in [1.29, 1.82) is 0 Å². The minimum absolute atomic E-state index is 0.0119. The number of nitrogens with zero attached hydrogens (tertiary/aromatic N) is 2. The van der Waals surface area contributed by atoms with Gasteiger partial charge in [-0.25, -0.2) is 0 Å². The van der Waals surface area contributed by atoms with Gasteiger partial charge in [-0.2, -0.15) is 17.0 Å². The standard InChI is InChI=1S/C16H26N2O3S/c1-15(10-13-19)18(14-16-8-4-2-5-9-16)22(20,21)17-11-6-3-7-12-17/h2,4-5,8-9,15,19H,3,6-7,10-14H2,1H3. The van der Waals surface area contributed by atoms with Crippen molar-refractivity contribution < 1.29 is 13.5 Å². The fourth-order valence-corrected chi connectivity index (χ4v) is 4.69. The van der Waals surface area contributed by atoms with Crippen molar-refractivity contribution in [3.8, 4) is 0 Å². The molecule has 1 atom stereocenters. The SMILES string of the molecule is CC(CCO)N(Cc1ccccc1)S(=O)(=O)N1CCCCC1. The molecule has 1 aliphatic rings. The van der Waals surface area contributed by atoms with E-state index in [-0.39, 0.29) is 12.6 Å². The fraction of sp³-hybridized carbons (Fsp3) is 0.625. The second-order valence-corrected chi connectivity index (χ2v) is 7.74. The van der Waals surface area contributed by atoms with Crippen molar-refractivity contribution in [2.24, 2.45) is 0 Å². The quantitative estimate of drug-likeness (QED) is 0.833.